The van der Waals surface area contributed by atoms with Crippen LogP contribution < -0.4 is 0 Å². The Hall–Kier alpha value is -2.10. The molecule has 4 heteroatoms. The Morgan fingerprint density at radius 3 is 2.60 bits per heavy atom. The fourth-order valence-electron chi connectivity index (χ4n) is 2.60. The minimum absolute atomic E-state index is 0.299. The molecule has 0 unspecified atom stereocenters. The lowest BCUT2D eigenvalue weighted by Crippen LogP contribution is -2.33. The third-order valence-electron chi connectivity index (χ3n) is 3.47. The quantitative estimate of drug-likeness (QED) is 0.624. The van der Waals surface area contributed by atoms with Gasteiger partial charge >= 0.3 is 11.9 Å². The summed E-state index contributed by atoms with van der Waals surface area (Å²) in [6.45, 7) is 1.36. The fourth-order valence-corrected chi connectivity index (χ4v) is 2.60. The highest BCUT2D eigenvalue weighted by Gasteiger charge is 2.43. The standard InChI is InChI=1S/C16H18O4/c1-12(17)20-14-8-9-16(11-14,15(18)19-2)10-13-6-4-3-5-7-13/h3-9,14H,10-11H2,1-2H3/t14-,16+/m1/s1. The molecule has 0 amide bonds. The molecule has 0 saturated carbocycles. The molecule has 0 aliphatic heterocycles. The van der Waals surface area contributed by atoms with E-state index in [4.69, 9.17) is 9.47 Å². The van der Waals surface area contributed by atoms with E-state index >= 15 is 0 Å². The van der Waals surface area contributed by atoms with Crippen LogP contribution >= 0.6 is 0 Å². The number of rotatable bonds is 4. The summed E-state index contributed by atoms with van der Waals surface area (Å²) in [5.41, 5.74) is 0.293. The predicted molar refractivity (Wildman–Crippen MR) is 73.9 cm³/mol. The summed E-state index contributed by atoms with van der Waals surface area (Å²) < 4.78 is 10.1. The van der Waals surface area contributed by atoms with Gasteiger partial charge in [0.1, 0.15) is 6.10 Å². The molecule has 2 rings (SSSR count). The van der Waals surface area contributed by atoms with Crippen molar-refractivity contribution in [2.75, 3.05) is 7.11 Å². The van der Waals surface area contributed by atoms with E-state index in [1.165, 1.54) is 14.0 Å². The summed E-state index contributed by atoms with van der Waals surface area (Å²) in [5.74, 6) is -0.646. The first-order valence-electron chi connectivity index (χ1n) is 6.55. The lowest BCUT2D eigenvalue weighted by Gasteiger charge is -2.25. The first-order chi connectivity index (χ1) is 9.55. The second kappa shape index (κ2) is 5.90. The molecule has 106 valence electrons. The first kappa shape index (κ1) is 14.3. The molecule has 0 heterocycles. The number of benzene rings is 1. The highest BCUT2D eigenvalue weighted by atomic mass is 16.5. The fraction of sp³-hybridized carbons (Fsp3) is 0.375. The van der Waals surface area contributed by atoms with Gasteiger partial charge < -0.3 is 9.47 Å². The SMILES string of the molecule is COC(=O)[C@]1(Cc2ccccc2)C=C[C@@H](OC(C)=O)C1. The summed E-state index contributed by atoms with van der Waals surface area (Å²) in [7, 11) is 1.38. The van der Waals surface area contributed by atoms with E-state index in [2.05, 4.69) is 0 Å². The Kier molecular flexibility index (Phi) is 4.23. The average Bonchev–Trinajstić information content (AvgIpc) is 2.82. The highest BCUT2D eigenvalue weighted by Crippen LogP contribution is 2.38. The van der Waals surface area contributed by atoms with Crippen molar-refractivity contribution in [1.29, 1.82) is 0 Å². The molecule has 0 fully saturated rings. The minimum Gasteiger partial charge on any atom is -0.468 e. The maximum absolute atomic E-state index is 12.2. The van der Waals surface area contributed by atoms with Crippen LogP contribution in [-0.4, -0.2) is 25.2 Å². The zero-order valence-corrected chi connectivity index (χ0v) is 11.7. The third kappa shape index (κ3) is 3.07. The third-order valence-corrected chi connectivity index (χ3v) is 3.47. The Balaban J connectivity index is 2.19. The number of carbonyl (C=O) groups excluding carboxylic acids is 2. The van der Waals surface area contributed by atoms with Gasteiger partial charge in [-0.25, -0.2) is 0 Å². The molecule has 0 saturated heterocycles. The monoisotopic (exact) mass is 274 g/mol. The number of esters is 2. The van der Waals surface area contributed by atoms with Gasteiger partial charge in [-0.05, 0) is 18.1 Å². The number of methoxy groups -OCH3 is 1. The second-order valence-corrected chi connectivity index (χ2v) is 5.02. The average molecular weight is 274 g/mol. The molecule has 0 bridgehead atoms. The molecule has 1 aliphatic carbocycles. The van der Waals surface area contributed by atoms with Crippen LogP contribution in [-0.2, 0) is 25.5 Å². The van der Waals surface area contributed by atoms with Gasteiger partial charge in [-0.15, -0.1) is 0 Å². The van der Waals surface area contributed by atoms with Crippen molar-refractivity contribution in [2.45, 2.75) is 25.9 Å². The van der Waals surface area contributed by atoms with Crippen molar-refractivity contribution in [1.82, 2.24) is 0 Å². The maximum atomic E-state index is 12.2. The molecule has 4 nitrogen and oxygen atoms in total. The Morgan fingerprint density at radius 1 is 1.30 bits per heavy atom. The molecule has 2 atom stereocenters. The van der Waals surface area contributed by atoms with Crippen molar-refractivity contribution in [3.05, 3.63) is 48.0 Å². The van der Waals surface area contributed by atoms with Crippen LogP contribution in [0.15, 0.2) is 42.5 Å². The summed E-state index contributed by atoms with van der Waals surface area (Å²) >= 11 is 0. The molecule has 20 heavy (non-hydrogen) atoms. The van der Waals surface area contributed by atoms with Crippen molar-refractivity contribution >= 4 is 11.9 Å². The van der Waals surface area contributed by atoms with Gasteiger partial charge in [0, 0.05) is 13.3 Å². The molecular formula is C16H18O4. The van der Waals surface area contributed by atoms with Gasteiger partial charge in [-0.3, -0.25) is 9.59 Å². The van der Waals surface area contributed by atoms with Gasteiger partial charge in [0.05, 0.1) is 12.5 Å². The normalized spacial score (nSPS) is 24.4. The van der Waals surface area contributed by atoms with Crippen LogP contribution in [0, 0.1) is 5.41 Å². The van der Waals surface area contributed by atoms with Crippen molar-refractivity contribution in [2.24, 2.45) is 5.41 Å². The van der Waals surface area contributed by atoms with Gasteiger partial charge in [-0.1, -0.05) is 36.4 Å². The van der Waals surface area contributed by atoms with Crippen molar-refractivity contribution < 1.29 is 19.1 Å². The van der Waals surface area contributed by atoms with E-state index in [0.717, 1.165) is 5.56 Å². The smallest absolute Gasteiger partial charge is 0.316 e. The minimum atomic E-state index is -0.754. The van der Waals surface area contributed by atoms with Crippen molar-refractivity contribution in [3.8, 4) is 0 Å². The molecule has 1 aromatic rings. The molecule has 0 spiro atoms. The van der Waals surface area contributed by atoms with Gasteiger partial charge in [0.25, 0.3) is 0 Å². The van der Waals surface area contributed by atoms with E-state index in [1.807, 2.05) is 30.3 Å². The zero-order valence-electron chi connectivity index (χ0n) is 11.7. The van der Waals surface area contributed by atoms with Gasteiger partial charge in [0.2, 0.25) is 0 Å². The topological polar surface area (TPSA) is 52.6 Å². The molecular weight excluding hydrogens is 256 g/mol. The lowest BCUT2D eigenvalue weighted by atomic mass is 9.81. The predicted octanol–water partition coefficient (Wildman–Crippen LogP) is 2.28. The number of ether oxygens (including phenoxy) is 2. The molecule has 1 aromatic carbocycles. The first-order valence-corrected chi connectivity index (χ1v) is 6.55. The van der Waals surface area contributed by atoms with E-state index in [-0.39, 0.29) is 18.0 Å². The van der Waals surface area contributed by atoms with Crippen LogP contribution in [0.3, 0.4) is 0 Å². The number of hydrogen-bond acceptors (Lipinski definition) is 4. The summed E-state index contributed by atoms with van der Waals surface area (Å²) in [4.78, 5) is 23.2. The van der Waals surface area contributed by atoms with Crippen LogP contribution in [0.4, 0.5) is 0 Å². The van der Waals surface area contributed by atoms with Crippen molar-refractivity contribution in [3.63, 3.8) is 0 Å². The van der Waals surface area contributed by atoms with Crippen LogP contribution in [0.1, 0.15) is 18.9 Å². The van der Waals surface area contributed by atoms with Crippen LogP contribution in [0.25, 0.3) is 0 Å². The molecule has 0 radical (unpaired) electrons. The second-order valence-electron chi connectivity index (χ2n) is 5.02. The van der Waals surface area contributed by atoms with Crippen LogP contribution in [0.5, 0.6) is 0 Å². The van der Waals surface area contributed by atoms with E-state index in [0.29, 0.717) is 12.8 Å². The Morgan fingerprint density at radius 2 is 2.00 bits per heavy atom. The Bertz CT molecular complexity index is 521. The van der Waals surface area contributed by atoms with Gasteiger partial charge in [0.15, 0.2) is 0 Å². The maximum Gasteiger partial charge on any atom is 0.316 e. The Labute approximate surface area is 118 Å². The summed E-state index contributed by atoms with van der Waals surface area (Å²) in [5, 5.41) is 0. The van der Waals surface area contributed by atoms with Gasteiger partial charge in [-0.2, -0.15) is 0 Å². The number of hydrogen-bond donors (Lipinski definition) is 0. The van der Waals surface area contributed by atoms with Crippen LogP contribution in [0.2, 0.25) is 0 Å². The molecule has 0 aromatic heterocycles. The van der Waals surface area contributed by atoms with E-state index in [9.17, 15) is 9.59 Å². The lowest BCUT2D eigenvalue weighted by molar-refractivity contribution is -0.153. The summed E-state index contributed by atoms with van der Waals surface area (Å²) in [6, 6.07) is 9.74. The zero-order chi connectivity index (χ0) is 14.6. The number of carbonyl (C=O) groups is 2. The largest absolute Gasteiger partial charge is 0.468 e. The molecule has 0 N–H and O–H groups in total. The molecule has 1 aliphatic rings. The highest BCUT2D eigenvalue weighted by molar-refractivity contribution is 5.80. The summed E-state index contributed by atoms with van der Waals surface area (Å²) in [6.07, 6.45) is 4.17. The van der Waals surface area contributed by atoms with E-state index < -0.39 is 5.41 Å². The van der Waals surface area contributed by atoms with E-state index in [1.54, 1.807) is 12.2 Å².